The predicted octanol–water partition coefficient (Wildman–Crippen LogP) is 4.70. The number of carbonyl (C=O) groups is 1. The molecule has 0 bridgehead atoms. The van der Waals surface area contributed by atoms with Gasteiger partial charge in [0.25, 0.3) is 0 Å². The van der Waals surface area contributed by atoms with Crippen LogP contribution >= 0.6 is 27.7 Å². The van der Waals surface area contributed by atoms with Crippen molar-refractivity contribution in [1.82, 2.24) is 0 Å². The normalized spacial score (nSPS) is 10.3. The zero-order valence-electron chi connectivity index (χ0n) is 10.6. The van der Waals surface area contributed by atoms with Gasteiger partial charge in [0.15, 0.2) is 0 Å². The smallest absolute Gasteiger partial charge is 0.338 e. The van der Waals surface area contributed by atoms with E-state index in [0.29, 0.717) is 5.56 Å². The maximum atomic E-state index is 11.5. The van der Waals surface area contributed by atoms with E-state index in [9.17, 15) is 4.79 Å². The maximum Gasteiger partial charge on any atom is 0.338 e. The van der Waals surface area contributed by atoms with Crippen molar-refractivity contribution in [1.29, 1.82) is 0 Å². The van der Waals surface area contributed by atoms with E-state index in [1.165, 1.54) is 7.11 Å². The van der Waals surface area contributed by atoms with Crippen LogP contribution in [0.15, 0.2) is 56.7 Å². The van der Waals surface area contributed by atoms with Crippen molar-refractivity contribution in [3.63, 3.8) is 0 Å². The van der Waals surface area contributed by atoms with E-state index in [1.807, 2.05) is 37.3 Å². The van der Waals surface area contributed by atoms with Gasteiger partial charge in [-0.1, -0.05) is 27.7 Å². The Morgan fingerprint density at radius 2 is 1.74 bits per heavy atom. The molecule has 0 heterocycles. The Morgan fingerprint density at radius 3 is 2.32 bits per heavy atom. The highest BCUT2D eigenvalue weighted by Crippen LogP contribution is 2.30. The van der Waals surface area contributed by atoms with Gasteiger partial charge in [-0.05, 0) is 55.0 Å². The first-order chi connectivity index (χ1) is 9.10. The first-order valence-corrected chi connectivity index (χ1v) is 7.33. The number of ether oxygens (including phenoxy) is 1. The van der Waals surface area contributed by atoms with Crippen molar-refractivity contribution >= 4 is 33.7 Å². The molecule has 0 aliphatic rings. The molecule has 0 N–H and O–H groups in total. The maximum absolute atomic E-state index is 11.5. The number of halogens is 1. The van der Waals surface area contributed by atoms with Crippen LogP contribution in [0.5, 0.6) is 0 Å². The van der Waals surface area contributed by atoms with Gasteiger partial charge in [0, 0.05) is 14.3 Å². The van der Waals surface area contributed by atoms with Gasteiger partial charge in [0.1, 0.15) is 0 Å². The molecule has 98 valence electrons. The first-order valence-electron chi connectivity index (χ1n) is 5.72. The van der Waals surface area contributed by atoms with Crippen LogP contribution in [-0.2, 0) is 4.74 Å². The molecule has 0 aromatic heterocycles. The highest BCUT2D eigenvalue weighted by molar-refractivity contribution is 9.10. The average Bonchev–Trinajstić information content (AvgIpc) is 2.41. The largest absolute Gasteiger partial charge is 0.465 e. The zero-order chi connectivity index (χ0) is 13.8. The number of rotatable bonds is 3. The highest BCUT2D eigenvalue weighted by Gasteiger charge is 2.09. The number of benzene rings is 2. The van der Waals surface area contributed by atoms with E-state index >= 15 is 0 Å². The van der Waals surface area contributed by atoms with Gasteiger partial charge in [-0.15, -0.1) is 0 Å². The molecule has 0 aliphatic heterocycles. The van der Waals surface area contributed by atoms with Crippen LogP contribution in [0.25, 0.3) is 0 Å². The van der Waals surface area contributed by atoms with E-state index in [0.717, 1.165) is 19.8 Å². The molecule has 0 amide bonds. The minimum Gasteiger partial charge on any atom is -0.465 e. The molecule has 0 saturated carbocycles. The summed E-state index contributed by atoms with van der Waals surface area (Å²) in [5.74, 6) is -0.294. The summed E-state index contributed by atoms with van der Waals surface area (Å²) in [6, 6.07) is 13.9. The number of esters is 1. The van der Waals surface area contributed by atoms with Crippen LogP contribution in [0, 0.1) is 6.92 Å². The van der Waals surface area contributed by atoms with E-state index in [-0.39, 0.29) is 5.97 Å². The summed E-state index contributed by atoms with van der Waals surface area (Å²) >= 11 is 5.08. The molecule has 0 unspecified atom stereocenters. The van der Waals surface area contributed by atoms with Crippen LogP contribution in [0.2, 0.25) is 0 Å². The summed E-state index contributed by atoms with van der Waals surface area (Å²) < 4.78 is 5.80. The summed E-state index contributed by atoms with van der Waals surface area (Å²) in [6.07, 6.45) is 0. The van der Waals surface area contributed by atoms with Crippen molar-refractivity contribution in [2.75, 3.05) is 7.11 Å². The van der Waals surface area contributed by atoms with Gasteiger partial charge in [-0.2, -0.15) is 0 Å². The van der Waals surface area contributed by atoms with Gasteiger partial charge in [-0.3, -0.25) is 0 Å². The third-order valence-corrected chi connectivity index (χ3v) is 4.18. The molecule has 0 fully saturated rings. The molecule has 0 aliphatic carbocycles. The second-order valence-electron chi connectivity index (χ2n) is 4.02. The summed E-state index contributed by atoms with van der Waals surface area (Å²) in [7, 11) is 1.40. The molecule has 0 atom stereocenters. The standard InChI is InChI=1S/C15H13BrO2S/c1-10-9-13(7-8-14(10)15(17)18-2)19-12-5-3-11(16)4-6-12/h3-9H,1-2H3. The van der Waals surface area contributed by atoms with E-state index in [2.05, 4.69) is 28.1 Å². The number of hydrogen-bond acceptors (Lipinski definition) is 3. The van der Waals surface area contributed by atoms with Gasteiger partial charge in [-0.25, -0.2) is 4.79 Å². The molecule has 2 aromatic rings. The summed E-state index contributed by atoms with van der Waals surface area (Å²) in [5.41, 5.74) is 1.54. The van der Waals surface area contributed by atoms with E-state index in [1.54, 1.807) is 11.8 Å². The Hall–Kier alpha value is -1.26. The van der Waals surface area contributed by atoms with Crippen LogP contribution in [0.1, 0.15) is 15.9 Å². The zero-order valence-corrected chi connectivity index (χ0v) is 13.0. The van der Waals surface area contributed by atoms with Gasteiger partial charge in [0.05, 0.1) is 12.7 Å². The lowest BCUT2D eigenvalue weighted by Gasteiger charge is -2.07. The molecule has 2 rings (SSSR count). The lowest BCUT2D eigenvalue weighted by Crippen LogP contribution is -2.03. The van der Waals surface area contributed by atoms with Crippen LogP contribution in [-0.4, -0.2) is 13.1 Å². The molecule has 0 saturated heterocycles. The minimum absolute atomic E-state index is 0.294. The van der Waals surface area contributed by atoms with Crippen molar-refractivity contribution in [2.24, 2.45) is 0 Å². The number of hydrogen-bond donors (Lipinski definition) is 0. The fourth-order valence-corrected chi connectivity index (χ4v) is 2.86. The van der Waals surface area contributed by atoms with E-state index < -0.39 is 0 Å². The molecular weight excluding hydrogens is 324 g/mol. The third kappa shape index (κ3) is 3.61. The fourth-order valence-electron chi connectivity index (χ4n) is 1.68. The molecule has 2 nitrogen and oxygen atoms in total. The average molecular weight is 337 g/mol. The van der Waals surface area contributed by atoms with Crippen molar-refractivity contribution in [3.05, 3.63) is 58.1 Å². The highest BCUT2D eigenvalue weighted by atomic mass is 79.9. The Labute approximate surface area is 125 Å². The minimum atomic E-state index is -0.294. The van der Waals surface area contributed by atoms with Gasteiger partial charge < -0.3 is 4.74 Å². The summed E-state index contributed by atoms with van der Waals surface area (Å²) in [5, 5.41) is 0. The SMILES string of the molecule is COC(=O)c1ccc(Sc2ccc(Br)cc2)cc1C. The third-order valence-electron chi connectivity index (χ3n) is 2.65. The van der Waals surface area contributed by atoms with Crippen molar-refractivity contribution in [3.8, 4) is 0 Å². The van der Waals surface area contributed by atoms with Gasteiger partial charge in [0.2, 0.25) is 0 Å². The lowest BCUT2D eigenvalue weighted by molar-refractivity contribution is 0.0600. The lowest BCUT2D eigenvalue weighted by atomic mass is 10.1. The fraction of sp³-hybridized carbons (Fsp3) is 0.133. The first kappa shape index (κ1) is 14.2. The summed E-state index contributed by atoms with van der Waals surface area (Å²) in [6.45, 7) is 1.91. The van der Waals surface area contributed by atoms with Crippen molar-refractivity contribution < 1.29 is 9.53 Å². The van der Waals surface area contributed by atoms with Crippen LogP contribution in [0.4, 0.5) is 0 Å². The predicted molar refractivity (Wildman–Crippen MR) is 80.8 cm³/mol. The van der Waals surface area contributed by atoms with Crippen LogP contribution in [0.3, 0.4) is 0 Å². The number of aryl methyl sites for hydroxylation is 1. The molecular formula is C15H13BrO2S. The van der Waals surface area contributed by atoms with Crippen molar-refractivity contribution in [2.45, 2.75) is 16.7 Å². The Balaban J connectivity index is 2.20. The monoisotopic (exact) mass is 336 g/mol. The van der Waals surface area contributed by atoms with Crippen LogP contribution < -0.4 is 0 Å². The summed E-state index contributed by atoms with van der Waals surface area (Å²) in [4.78, 5) is 13.8. The molecule has 0 radical (unpaired) electrons. The number of methoxy groups -OCH3 is 1. The Bertz CT molecular complexity index is 594. The molecule has 19 heavy (non-hydrogen) atoms. The quantitative estimate of drug-likeness (QED) is 0.760. The second kappa shape index (κ2) is 6.26. The Kier molecular flexibility index (Phi) is 4.66. The topological polar surface area (TPSA) is 26.3 Å². The Morgan fingerprint density at radius 1 is 1.11 bits per heavy atom. The van der Waals surface area contributed by atoms with E-state index in [4.69, 9.17) is 4.74 Å². The number of carbonyl (C=O) groups excluding carboxylic acids is 1. The molecule has 4 heteroatoms. The molecule has 2 aromatic carbocycles. The second-order valence-corrected chi connectivity index (χ2v) is 6.09. The van der Waals surface area contributed by atoms with Gasteiger partial charge >= 0.3 is 5.97 Å². The molecule has 0 spiro atoms.